The number of nitrogens with one attached hydrogen (secondary N) is 1. The van der Waals surface area contributed by atoms with E-state index in [0.717, 1.165) is 0 Å². The number of rotatable bonds is 5. The lowest BCUT2D eigenvalue weighted by molar-refractivity contribution is 0.0271. The molecule has 5 rings (SSSR count). The third kappa shape index (κ3) is 3.85. The van der Waals surface area contributed by atoms with Gasteiger partial charge >= 0.3 is 0 Å². The Morgan fingerprint density at radius 1 is 1.06 bits per heavy atom. The van der Waals surface area contributed by atoms with Crippen LogP contribution >= 0.6 is 23.2 Å². The molecule has 0 radical (unpaired) electrons. The zero-order valence-electron chi connectivity index (χ0n) is 16.3. The smallest absolute Gasteiger partial charge is 0.164 e. The molecule has 31 heavy (non-hydrogen) atoms. The molecule has 2 aromatic carbocycles. The highest BCUT2D eigenvalue weighted by Crippen LogP contribution is 2.38. The minimum atomic E-state index is -1.14. The summed E-state index contributed by atoms with van der Waals surface area (Å²) >= 11 is 12.4. The number of ether oxygens (including phenoxy) is 4. The highest BCUT2D eigenvalue weighted by molar-refractivity contribution is 6.35. The molecule has 0 spiro atoms. The number of anilines is 2. The summed E-state index contributed by atoms with van der Waals surface area (Å²) in [5.74, 6) is 1.46. The summed E-state index contributed by atoms with van der Waals surface area (Å²) in [6.45, 7) is 0.249. The lowest BCUT2D eigenvalue weighted by atomic mass is 10.1. The van der Waals surface area contributed by atoms with E-state index in [0.29, 0.717) is 44.0 Å². The minimum absolute atomic E-state index is 0.0123. The lowest BCUT2D eigenvalue weighted by Crippen LogP contribution is -2.33. The first-order valence-corrected chi connectivity index (χ1v) is 10.4. The minimum Gasteiger partial charge on any atom is -0.493 e. The molecular formula is C21H18Cl2FN3O4. The Hall–Kier alpha value is -2.39. The van der Waals surface area contributed by atoms with E-state index in [9.17, 15) is 4.39 Å². The largest absolute Gasteiger partial charge is 0.493 e. The van der Waals surface area contributed by atoms with Gasteiger partial charge in [0.1, 0.15) is 24.4 Å². The van der Waals surface area contributed by atoms with Crippen LogP contribution in [0.1, 0.15) is 0 Å². The molecule has 2 fully saturated rings. The lowest BCUT2D eigenvalue weighted by Gasteiger charge is -2.20. The first-order valence-electron chi connectivity index (χ1n) is 9.62. The van der Waals surface area contributed by atoms with Crippen LogP contribution in [-0.2, 0) is 9.47 Å². The Balaban J connectivity index is 1.47. The number of alkyl halides is 1. The van der Waals surface area contributed by atoms with Crippen molar-refractivity contribution in [2.75, 3.05) is 25.6 Å². The van der Waals surface area contributed by atoms with Gasteiger partial charge in [0.25, 0.3) is 0 Å². The molecule has 3 aromatic rings. The molecular weight excluding hydrogens is 448 g/mol. The van der Waals surface area contributed by atoms with Gasteiger partial charge < -0.3 is 24.3 Å². The highest BCUT2D eigenvalue weighted by atomic mass is 35.5. The normalized spacial score (nSPS) is 24.9. The van der Waals surface area contributed by atoms with Crippen molar-refractivity contribution in [3.05, 3.63) is 46.7 Å². The summed E-state index contributed by atoms with van der Waals surface area (Å²) in [4.78, 5) is 8.68. The molecule has 162 valence electrons. The van der Waals surface area contributed by atoms with Crippen molar-refractivity contribution in [3.63, 3.8) is 0 Å². The molecule has 0 aliphatic carbocycles. The van der Waals surface area contributed by atoms with E-state index in [1.54, 1.807) is 30.3 Å². The van der Waals surface area contributed by atoms with Crippen LogP contribution in [0.3, 0.4) is 0 Å². The zero-order chi connectivity index (χ0) is 21.5. The number of fused-ring (bicyclic) bond motifs is 2. The van der Waals surface area contributed by atoms with Gasteiger partial charge in [-0.15, -0.1) is 0 Å². The third-order valence-electron chi connectivity index (χ3n) is 5.33. The Morgan fingerprint density at radius 2 is 1.90 bits per heavy atom. The Labute approximate surface area is 187 Å². The average molecular weight is 466 g/mol. The van der Waals surface area contributed by atoms with E-state index >= 15 is 0 Å². The molecule has 0 saturated carbocycles. The number of halogens is 3. The summed E-state index contributed by atoms with van der Waals surface area (Å²) in [5.41, 5.74) is 1.24. The maximum atomic E-state index is 13.8. The van der Waals surface area contributed by atoms with Gasteiger partial charge in [0.05, 0.1) is 36.6 Å². The molecule has 1 aromatic heterocycles. The van der Waals surface area contributed by atoms with Gasteiger partial charge in [-0.3, -0.25) is 0 Å². The summed E-state index contributed by atoms with van der Waals surface area (Å²) in [6, 6.07) is 8.63. The number of hydrogen-bond acceptors (Lipinski definition) is 7. The van der Waals surface area contributed by atoms with Crippen LogP contribution in [0, 0.1) is 0 Å². The predicted molar refractivity (Wildman–Crippen MR) is 115 cm³/mol. The van der Waals surface area contributed by atoms with E-state index in [-0.39, 0.29) is 13.2 Å². The molecule has 0 bridgehead atoms. The van der Waals surface area contributed by atoms with Gasteiger partial charge in [0.15, 0.2) is 23.8 Å². The van der Waals surface area contributed by atoms with Gasteiger partial charge in [0.2, 0.25) is 0 Å². The van der Waals surface area contributed by atoms with Crippen LogP contribution < -0.4 is 14.8 Å². The fourth-order valence-electron chi connectivity index (χ4n) is 3.82. The topological polar surface area (TPSA) is 74.7 Å². The molecule has 4 atom stereocenters. The molecule has 2 aliphatic rings. The van der Waals surface area contributed by atoms with Crippen molar-refractivity contribution in [1.29, 1.82) is 0 Å². The molecule has 0 amide bonds. The molecule has 2 saturated heterocycles. The maximum Gasteiger partial charge on any atom is 0.164 e. The van der Waals surface area contributed by atoms with Gasteiger partial charge in [0, 0.05) is 16.5 Å². The molecule has 10 heteroatoms. The second kappa shape index (κ2) is 8.27. The summed E-state index contributed by atoms with van der Waals surface area (Å²) in [6.07, 6.45) is -1.21. The fraction of sp³-hybridized carbons (Fsp3) is 0.333. The third-order valence-corrected chi connectivity index (χ3v) is 5.89. The van der Waals surface area contributed by atoms with E-state index < -0.39 is 24.5 Å². The first kappa shape index (κ1) is 20.5. The van der Waals surface area contributed by atoms with Gasteiger partial charge in [-0.25, -0.2) is 14.4 Å². The number of aromatic nitrogens is 2. The molecule has 1 N–H and O–H groups in total. The SMILES string of the molecule is COc1cc2c(Nc3cc(Cl)ccc3Cl)ncnc2cc1OC1CO[C@H]2C(F)CO[C@@H]12. The number of methoxy groups -OCH3 is 1. The second-order valence-electron chi connectivity index (χ2n) is 7.26. The molecule has 2 aliphatic heterocycles. The second-order valence-corrected chi connectivity index (χ2v) is 8.10. The van der Waals surface area contributed by atoms with Crippen molar-refractivity contribution < 1.29 is 23.3 Å². The van der Waals surface area contributed by atoms with Gasteiger partial charge in [-0.05, 0) is 24.3 Å². The van der Waals surface area contributed by atoms with Crippen LogP contribution in [0.4, 0.5) is 15.9 Å². The van der Waals surface area contributed by atoms with E-state index in [4.69, 9.17) is 42.1 Å². The number of nitrogens with zero attached hydrogens (tertiary/aromatic N) is 2. The monoisotopic (exact) mass is 465 g/mol. The predicted octanol–water partition coefficient (Wildman–Crippen LogP) is 4.57. The Bertz CT molecular complexity index is 1140. The van der Waals surface area contributed by atoms with Crippen molar-refractivity contribution in [3.8, 4) is 11.5 Å². The van der Waals surface area contributed by atoms with Crippen molar-refractivity contribution in [2.24, 2.45) is 0 Å². The fourth-order valence-corrected chi connectivity index (χ4v) is 4.15. The highest BCUT2D eigenvalue weighted by Gasteiger charge is 2.49. The van der Waals surface area contributed by atoms with Crippen LogP contribution in [-0.4, -0.2) is 54.8 Å². The van der Waals surface area contributed by atoms with E-state index in [2.05, 4.69) is 15.3 Å². The standard InChI is InChI=1S/C21H18Cl2FN3O4/c1-28-16-5-11-14(6-17(16)31-18-8-30-19-13(24)7-29-20(18)19)25-9-26-21(11)27-15-4-10(22)2-3-12(15)23/h2-6,9,13,18-20H,7-8H2,1H3,(H,25,26,27)/t13?,18?,19-,20-/m0/s1. The van der Waals surface area contributed by atoms with Crippen molar-refractivity contribution in [2.45, 2.75) is 24.5 Å². The quantitative estimate of drug-likeness (QED) is 0.591. The van der Waals surface area contributed by atoms with Crippen LogP contribution in [0.5, 0.6) is 11.5 Å². The summed E-state index contributed by atoms with van der Waals surface area (Å²) < 4.78 is 36.5. The number of benzene rings is 2. The summed E-state index contributed by atoms with van der Waals surface area (Å²) in [5, 5.41) is 4.93. The van der Waals surface area contributed by atoms with Crippen molar-refractivity contribution in [1.82, 2.24) is 9.97 Å². The summed E-state index contributed by atoms with van der Waals surface area (Å²) in [7, 11) is 1.54. The van der Waals surface area contributed by atoms with Gasteiger partial charge in [-0.1, -0.05) is 23.2 Å². The van der Waals surface area contributed by atoms with Crippen LogP contribution in [0.15, 0.2) is 36.7 Å². The zero-order valence-corrected chi connectivity index (χ0v) is 17.9. The first-order chi connectivity index (χ1) is 15.0. The average Bonchev–Trinajstić information content (AvgIpc) is 3.33. The van der Waals surface area contributed by atoms with Crippen molar-refractivity contribution >= 4 is 45.6 Å². The van der Waals surface area contributed by atoms with Crippen LogP contribution in [0.2, 0.25) is 10.0 Å². The number of hydrogen-bond donors (Lipinski definition) is 1. The van der Waals surface area contributed by atoms with Crippen LogP contribution in [0.25, 0.3) is 10.9 Å². The van der Waals surface area contributed by atoms with Gasteiger partial charge in [-0.2, -0.15) is 0 Å². The Morgan fingerprint density at radius 3 is 2.74 bits per heavy atom. The maximum absolute atomic E-state index is 13.8. The molecule has 2 unspecified atom stereocenters. The van der Waals surface area contributed by atoms with E-state index in [1.807, 2.05) is 0 Å². The molecule has 3 heterocycles. The van der Waals surface area contributed by atoms with E-state index in [1.165, 1.54) is 13.4 Å². The molecule has 7 nitrogen and oxygen atoms in total. The Kier molecular flexibility index (Phi) is 5.47.